The van der Waals surface area contributed by atoms with E-state index >= 15 is 0 Å². The van der Waals surface area contributed by atoms with Crippen LogP contribution in [0, 0.1) is 12.8 Å². The van der Waals surface area contributed by atoms with E-state index in [0.29, 0.717) is 19.0 Å². The number of piperidine rings is 1. The highest BCUT2D eigenvalue weighted by Crippen LogP contribution is 2.19. The van der Waals surface area contributed by atoms with Gasteiger partial charge in [0, 0.05) is 33.2 Å². The van der Waals surface area contributed by atoms with Gasteiger partial charge in [0.15, 0.2) is 5.96 Å². The summed E-state index contributed by atoms with van der Waals surface area (Å²) in [6, 6.07) is 6.26. The number of aryl methyl sites for hydroxylation is 1. The maximum Gasteiger partial charge on any atom is 0.211 e. The molecular weight excluding hydrogens is 491 g/mol. The molecule has 0 aliphatic carbocycles. The van der Waals surface area contributed by atoms with Crippen molar-refractivity contribution in [2.24, 2.45) is 10.9 Å². The average Bonchev–Trinajstić information content (AvgIpc) is 2.65. The minimum absolute atomic E-state index is 0. The van der Waals surface area contributed by atoms with Crippen molar-refractivity contribution in [2.45, 2.75) is 26.2 Å². The lowest BCUT2D eigenvalue weighted by Gasteiger charge is -2.30. The molecule has 1 aliphatic heterocycles. The SMILES string of the molecule is CN=C(NCCc1ccc(C)c(OC)c1)NCC1CCN(S(C)(=O)=O)CC1.I. The molecule has 1 saturated heterocycles. The second-order valence-electron chi connectivity index (χ2n) is 7.04. The van der Waals surface area contributed by atoms with Gasteiger partial charge in [0.25, 0.3) is 0 Å². The van der Waals surface area contributed by atoms with Crippen LogP contribution in [0.3, 0.4) is 0 Å². The van der Waals surface area contributed by atoms with Gasteiger partial charge in [-0.15, -0.1) is 24.0 Å². The van der Waals surface area contributed by atoms with Gasteiger partial charge < -0.3 is 15.4 Å². The topological polar surface area (TPSA) is 83.0 Å². The summed E-state index contributed by atoms with van der Waals surface area (Å²) in [6.45, 7) is 4.82. The van der Waals surface area contributed by atoms with Crippen LogP contribution in [0.25, 0.3) is 0 Å². The van der Waals surface area contributed by atoms with Crippen LogP contribution in [0.15, 0.2) is 23.2 Å². The average molecular weight is 524 g/mol. The summed E-state index contributed by atoms with van der Waals surface area (Å²) in [5, 5.41) is 6.69. The quantitative estimate of drug-likeness (QED) is 0.324. The standard InChI is InChI=1S/C19H32N4O3S.HI/c1-15-5-6-16(13-18(15)26-3)7-10-21-19(20-2)22-14-17-8-11-23(12-9-17)27(4,24)25;/h5-6,13,17H,7-12,14H2,1-4H3,(H2,20,21,22);1H. The number of halogens is 1. The molecule has 0 saturated carbocycles. The molecular formula is C19H33IN4O3S. The molecule has 9 heteroatoms. The number of guanidine groups is 1. The fourth-order valence-corrected chi connectivity index (χ4v) is 4.13. The zero-order valence-corrected chi connectivity index (χ0v) is 20.3. The Morgan fingerprint density at radius 3 is 2.54 bits per heavy atom. The second-order valence-corrected chi connectivity index (χ2v) is 9.02. The first-order valence-electron chi connectivity index (χ1n) is 9.36. The van der Waals surface area contributed by atoms with Crippen LogP contribution < -0.4 is 15.4 Å². The van der Waals surface area contributed by atoms with Crippen LogP contribution in [0.1, 0.15) is 24.0 Å². The first-order valence-corrected chi connectivity index (χ1v) is 11.2. The highest BCUT2D eigenvalue weighted by Gasteiger charge is 2.24. The summed E-state index contributed by atoms with van der Waals surface area (Å²) in [7, 11) is 0.388. The van der Waals surface area contributed by atoms with E-state index in [1.165, 1.54) is 11.8 Å². The number of aliphatic imine (C=N–C) groups is 1. The summed E-state index contributed by atoms with van der Waals surface area (Å²) in [6.07, 6.45) is 3.91. The maximum absolute atomic E-state index is 11.6. The van der Waals surface area contributed by atoms with Crippen LogP contribution in [-0.4, -0.2) is 65.3 Å². The normalized spacial score (nSPS) is 16.4. The van der Waals surface area contributed by atoms with Crippen molar-refractivity contribution >= 4 is 40.0 Å². The number of nitrogens with zero attached hydrogens (tertiary/aromatic N) is 2. The van der Waals surface area contributed by atoms with Gasteiger partial charge in [0.1, 0.15) is 5.75 Å². The van der Waals surface area contributed by atoms with E-state index in [2.05, 4.69) is 33.8 Å². The smallest absolute Gasteiger partial charge is 0.211 e. The van der Waals surface area contributed by atoms with E-state index in [0.717, 1.165) is 49.6 Å². The van der Waals surface area contributed by atoms with Crippen LogP contribution in [0.4, 0.5) is 0 Å². The number of sulfonamides is 1. The largest absolute Gasteiger partial charge is 0.496 e. The summed E-state index contributed by atoms with van der Waals surface area (Å²) < 4.78 is 30.1. The van der Waals surface area contributed by atoms with Crippen molar-refractivity contribution in [3.8, 4) is 5.75 Å². The summed E-state index contributed by atoms with van der Waals surface area (Å²) in [5.41, 5.74) is 2.35. The van der Waals surface area contributed by atoms with Gasteiger partial charge in [0.2, 0.25) is 10.0 Å². The first kappa shape index (κ1) is 25.0. The van der Waals surface area contributed by atoms with Gasteiger partial charge >= 0.3 is 0 Å². The van der Waals surface area contributed by atoms with E-state index in [-0.39, 0.29) is 24.0 Å². The van der Waals surface area contributed by atoms with Gasteiger partial charge in [-0.1, -0.05) is 12.1 Å². The Morgan fingerprint density at radius 1 is 1.29 bits per heavy atom. The lowest BCUT2D eigenvalue weighted by Crippen LogP contribution is -2.44. The summed E-state index contributed by atoms with van der Waals surface area (Å²) in [5.74, 6) is 2.15. The van der Waals surface area contributed by atoms with Crippen molar-refractivity contribution in [3.63, 3.8) is 0 Å². The van der Waals surface area contributed by atoms with Gasteiger partial charge in [-0.2, -0.15) is 0 Å². The van der Waals surface area contributed by atoms with Crippen molar-refractivity contribution in [3.05, 3.63) is 29.3 Å². The molecule has 0 spiro atoms. The number of nitrogens with one attached hydrogen (secondary N) is 2. The van der Waals surface area contributed by atoms with E-state index in [1.54, 1.807) is 18.5 Å². The number of hydrogen-bond acceptors (Lipinski definition) is 4. The van der Waals surface area contributed by atoms with Crippen molar-refractivity contribution in [1.82, 2.24) is 14.9 Å². The Morgan fingerprint density at radius 2 is 1.96 bits per heavy atom. The number of rotatable bonds is 7. The molecule has 2 N–H and O–H groups in total. The highest BCUT2D eigenvalue weighted by molar-refractivity contribution is 14.0. The molecule has 1 aromatic rings. The third-order valence-electron chi connectivity index (χ3n) is 5.00. The monoisotopic (exact) mass is 524 g/mol. The number of methoxy groups -OCH3 is 1. The third-order valence-corrected chi connectivity index (χ3v) is 6.31. The Labute approximate surface area is 186 Å². The summed E-state index contributed by atoms with van der Waals surface area (Å²) in [4.78, 5) is 4.27. The first-order chi connectivity index (χ1) is 12.8. The van der Waals surface area contributed by atoms with Crippen molar-refractivity contribution in [1.29, 1.82) is 0 Å². The maximum atomic E-state index is 11.6. The van der Waals surface area contributed by atoms with Gasteiger partial charge in [0.05, 0.1) is 13.4 Å². The van der Waals surface area contributed by atoms with Gasteiger partial charge in [-0.25, -0.2) is 12.7 Å². The Kier molecular flexibility index (Phi) is 10.5. The molecule has 0 aromatic heterocycles. The van der Waals surface area contributed by atoms with Gasteiger partial charge in [-0.3, -0.25) is 4.99 Å². The molecule has 1 fully saturated rings. The minimum Gasteiger partial charge on any atom is -0.496 e. The number of ether oxygens (including phenoxy) is 1. The van der Waals surface area contributed by atoms with Crippen molar-refractivity contribution in [2.75, 3.05) is 46.6 Å². The molecule has 0 bridgehead atoms. The number of benzene rings is 1. The van der Waals surface area contributed by atoms with Gasteiger partial charge in [-0.05, 0) is 49.3 Å². The molecule has 7 nitrogen and oxygen atoms in total. The second kappa shape index (κ2) is 11.8. The van der Waals surface area contributed by atoms with Crippen LogP contribution in [-0.2, 0) is 16.4 Å². The van der Waals surface area contributed by atoms with Crippen molar-refractivity contribution < 1.29 is 13.2 Å². The fourth-order valence-electron chi connectivity index (χ4n) is 3.25. The molecule has 1 heterocycles. The molecule has 0 radical (unpaired) electrons. The van der Waals surface area contributed by atoms with E-state index in [1.807, 2.05) is 6.92 Å². The molecule has 28 heavy (non-hydrogen) atoms. The van der Waals surface area contributed by atoms with Crippen LogP contribution in [0.2, 0.25) is 0 Å². The Balaban J connectivity index is 0.00000392. The highest BCUT2D eigenvalue weighted by atomic mass is 127. The zero-order chi connectivity index (χ0) is 19.9. The molecule has 0 unspecified atom stereocenters. The molecule has 1 aromatic carbocycles. The zero-order valence-electron chi connectivity index (χ0n) is 17.2. The Bertz CT molecular complexity index is 748. The van der Waals surface area contributed by atoms with E-state index in [9.17, 15) is 8.42 Å². The van der Waals surface area contributed by atoms with E-state index < -0.39 is 10.0 Å². The lowest BCUT2D eigenvalue weighted by atomic mass is 9.98. The Hall–Kier alpha value is -1.07. The third kappa shape index (κ3) is 7.75. The lowest BCUT2D eigenvalue weighted by molar-refractivity contribution is 0.275. The van der Waals surface area contributed by atoms with E-state index in [4.69, 9.17) is 4.74 Å². The molecule has 1 aliphatic rings. The fraction of sp³-hybridized carbons (Fsp3) is 0.632. The van der Waals surface area contributed by atoms with Crippen LogP contribution in [0.5, 0.6) is 5.75 Å². The summed E-state index contributed by atoms with van der Waals surface area (Å²) >= 11 is 0. The predicted octanol–water partition coefficient (Wildman–Crippen LogP) is 2.00. The molecule has 0 amide bonds. The minimum atomic E-state index is -3.06. The number of hydrogen-bond donors (Lipinski definition) is 2. The molecule has 0 atom stereocenters. The predicted molar refractivity (Wildman–Crippen MR) is 125 cm³/mol. The van der Waals surface area contributed by atoms with Crippen LogP contribution >= 0.6 is 24.0 Å². The molecule has 2 rings (SSSR count). The molecule has 160 valence electrons.